The largest absolute Gasteiger partial charge is 0.507 e. The number of hydrogen-bond acceptors (Lipinski definition) is 5. The minimum Gasteiger partial charge on any atom is -0.507 e. The van der Waals surface area contributed by atoms with Crippen LogP contribution in [0.5, 0.6) is 11.5 Å². The third kappa shape index (κ3) is 5.12. The van der Waals surface area contributed by atoms with Crippen molar-refractivity contribution < 1.29 is 24.2 Å². The van der Waals surface area contributed by atoms with Crippen LogP contribution in [0.4, 0.5) is 0 Å². The summed E-state index contributed by atoms with van der Waals surface area (Å²) in [6, 6.07) is 9.36. The molecular weight excluding hydrogens is 465 g/mol. The number of carbonyl (C=O) groups excluding carboxylic acids is 2. The van der Waals surface area contributed by atoms with Crippen molar-refractivity contribution in [3.8, 4) is 11.5 Å². The number of nitrogens with zero attached hydrogens (tertiary/aromatic N) is 1. The van der Waals surface area contributed by atoms with Crippen LogP contribution in [-0.4, -0.2) is 42.0 Å². The number of likely N-dealkylation sites (tertiary alicyclic amines) is 1. The van der Waals surface area contributed by atoms with Gasteiger partial charge in [-0.25, -0.2) is 0 Å². The maximum absolute atomic E-state index is 13.1. The minimum atomic E-state index is -0.762. The molecule has 0 aromatic heterocycles. The Labute approximate surface area is 203 Å². The predicted octanol–water partition coefficient (Wildman–Crippen LogP) is 6.01. The number of methoxy groups -OCH3 is 1. The van der Waals surface area contributed by atoms with Gasteiger partial charge in [-0.05, 0) is 43.2 Å². The number of halogens is 2. The molecule has 6 nitrogen and oxygen atoms in total. The smallest absolute Gasteiger partial charge is 0.295 e. The number of Topliss-reactive ketones (excluding diaryl/α,β-unsaturated/α-hetero) is 1. The van der Waals surface area contributed by atoms with E-state index < -0.39 is 17.7 Å². The summed E-state index contributed by atoms with van der Waals surface area (Å²) in [6.45, 7) is 4.81. The summed E-state index contributed by atoms with van der Waals surface area (Å²) in [5.41, 5.74) is 0.884. The monoisotopic (exact) mass is 491 g/mol. The van der Waals surface area contributed by atoms with Gasteiger partial charge in [0.15, 0.2) is 5.75 Å². The van der Waals surface area contributed by atoms with E-state index in [1.54, 1.807) is 18.2 Å². The maximum atomic E-state index is 13.1. The van der Waals surface area contributed by atoms with Crippen LogP contribution in [-0.2, 0) is 9.59 Å². The van der Waals surface area contributed by atoms with Crippen LogP contribution >= 0.6 is 23.2 Å². The second-order valence-corrected chi connectivity index (χ2v) is 8.49. The minimum absolute atomic E-state index is 0.0116. The van der Waals surface area contributed by atoms with E-state index >= 15 is 0 Å². The van der Waals surface area contributed by atoms with Crippen molar-refractivity contribution in [2.75, 3.05) is 20.3 Å². The van der Waals surface area contributed by atoms with Crippen LogP contribution in [0.25, 0.3) is 5.76 Å². The zero-order chi connectivity index (χ0) is 24.1. The van der Waals surface area contributed by atoms with Crippen LogP contribution in [0.1, 0.15) is 50.3 Å². The lowest BCUT2D eigenvalue weighted by Crippen LogP contribution is -2.30. The van der Waals surface area contributed by atoms with Crippen LogP contribution < -0.4 is 9.47 Å². The SMILES string of the molecule is CCCCCN1C(=O)C(=O)/C(=C(/O)c2cc(Cl)c(OC)c(Cl)c2)C1c1cccc(OCC)c1. The number of hydrogen-bond donors (Lipinski definition) is 1. The van der Waals surface area contributed by atoms with Crippen molar-refractivity contribution >= 4 is 40.7 Å². The Balaban J connectivity index is 2.17. The number of aliphatic hydroxyl groups excluding tert-OH is 1. The highest BCUT2D eigenvalue weighted by molar-refractivity contribution is 6.46. The fraction of sp³-hybridized carbons (Fsp3) is 0.360. The first-order chi connectivity index (χ1) is 15.8. The van der Waals surface area contributed by atoms with Gasteiger partial charge < -0.3 is 19.5 Å². The quantitative estimate of drug-likeness (QED) is 0.201. The molecule has 176 valence electrons. The Morgan fingerprint density at radius 1 is 1.09 bits per heavy atom. The molecule has 0 spiro atoms. The summed E-state index contributed by atoms with van der Waals surface area (Å²) in [5, 5.41) is 11.6. The molecular formula is C25H27Cl2NO5. The normalized spacial score (nSPS) is 17.5. The Morgan fingerprint density at radius 2 is 1.79 bits per heavy atom. The van der Waals surface area contributed by atoms with Gasteiger partial charge in [-0.15, -0.1) is 0 Å². The summed E-state index contributed by atoms with van der Waals surface area (Å²) in [5.74, 6) is -0.866. The summed E-state index contributed by atoms with van der Waals surface area (Å²) >= 11 is 12.5. The van der Waals surface area contributed by atoms with E-state index in [2.05, 4.69) is 6.92 Å². The van der Waals surface area contributed by atoms with E-state index in [9.17, 15) is 14.7 Å². The van der Waals surface area contributed by atoms with Crippen molar-refractivity contribution in [1.29, 1.82) is 0 Å². The lowest BCUT2D eigenvalue weighted by atomic mass is 9.95. The third-order valence-corrected chi connectivity index (χ3v) is 6.06. The van der Waals surface area contributed by atoms with Gasteiger partial charge in [-0.3, -0.25) is 9.59 Å². The zero-order valence-corrected chi connectivity index (χ0v) is 20.4. The first kappa shape index (κ1) is 24.9. The fourth-order valence-corrected chi connectivity index (χ4v) is 4.62. The molecule has 0 radical (unpaired) electrons. The van der Waals surface area contributed by atoms with Crippen molar-refractivity contribution in [2.45, 2.75) is 39.2 Å². The molecule has 1 atom stereocenters. The number of aliphatic hydroxyl groups is 1. The number of ketones is 1. The number of ether oxygens (including phenoxy) is 2. The highest BCUT2D eigenvalue weighted by Crippen LogP contribution is 2.42. The predicted molar refractivity (Wildman–Crippen MR) is 129 cm³/mol. The Morgan fingerprint density at radius 3 is 2.39 bits per heavy atom. The number of carbonyl (C=O) groups is 2. The molecule has 1 aliphatic heterocycles. The molecule has 3 rings (SSSR count). The highest BCUT2D eigenvalue weighted by Gasteiger charge is 2.46. The van der Waals surface area contributed by atoms with E-state index in [0.717, 1.165) is 19.3 Å². The van der Waals surface area contributed by atoms with E-state index in [0.29, 0.717) is 24.5 Å². The van der Waals surface area contributed by atoms with Crippen molar-refractivity contribution in [1.82, 2.24) is 4.90 Å². The molecule has 8 heteroatoms. The summed E-state index contributed by atoms with van der Waals surface area (Å²) in [4.78, 5) is 27.6. The highest BCUT2D eigenvalue weighted by atomic mass is 35.5. The first-order valence-electron chi connectivity index (χ1n) is 10.9. The van der Waals surface area contributed by atoms with E-state index in [1.165, 1.54) is 24.1 Å². The van der Waals surface area contributed by atoms with Gasteiger partial charge in [0.05, 0.1) is 35.4 Å². The molecule has 1 aliphatic rings. The summed E-state index contributed by atoms with van der Waals surface area (Å²) < 4.78 is 10.8. The van der Waals surface area contributed by atoms with Crippen molar-refractivity contribution in [2.24, 2.45) is 0 Å². The fourth-order valence-electron chi connectivity index (χ4n) is 3.98. The van der Waals surface area contributed by atoms with Crippen molar-refractivity contribution in [3.05, 3.63) is 63.1 Å². The van der Waals surface area contributed by atoms with Gasteiger partial charge in [0.2, 0.25) is 0 Å². The lowest BCUT2D eigenvalue weighted by molar-refractivity contribution is -0.139. The molecule has 0 saturated carbocycles. The number of rotatable bonds is 9. The van der Waals surface area contributed by atoms with Crippen molar-refractivity contribution in [3.63, 3.8) is 0 Å². The summed E-state index contributed by atoms with van der Waals surface area (Å²) in [6.07, 6.45) is 2.63. The van der Waals surface area contributed by atoms with E-state index in [4.69, 9.17) is 32.7 Å². The molecule has 0 aliphatic carbocycles. The van der Waals surface area contributed by atoms with Gasteiger partial charge in [0.1, 0.15) is 11.5 Å². The van der Waals surface area contributed by atoms with E-state index in [1.807, 2.05) is 13.0 Å². The summed E-state index contributed by atoms with van der Waals surface area (Å²) in [7, 11) is 1.43. The number of benzene rings is 2. The lowest BCUT2D eigenvalue weighted by Gasteiger charge is -2.25. The van der Waals surface area contributed by atoms with Gasteiger partial charge in [0, 0.05) is 12.1 Å². The Bertz CT molecular complexity index is 1060. The average Bonchev–Trinajstić information content (AvgIpc) is 3.04. The van der Waals surface area contributed by atoms with Crippen LogP contribution in [0.15, 0.2) is 42.0 Å². The second-order valence-electron chi connectivity index (χ2n) is 7.68. The van der Waals surface area contributed by atoms with Crippen LogP contribution in [0.3, 0.4) is 0 Å². The molecule has 1 heterocycles. The van der Waals surface area contributed by atoms with Crippen LogP contribution in [0.2, 0.25) is 10.0 Å². The van der Waals surface area contributed by atoms with Gasteiger partial charge >= 0.3 is 0 Å². The molecule has 1 unspecified atom stereocenters. The molecule has 2 aromatic carbocycles. The molecule has 2 aromatic rings. The Hall–Kier alpha value is -2.70. The van der Waals surface area contributed by atoms with E-state index in [-0.39, 0.29) is 32.7 Å². The second kappa shape index (κ2) is 10.9. The standard InChI is InChI=1S/C25H27Cl2NO5/c1-4-6-7-11-28-21(15-9-8-10-17(12-15)33-5-2)20(23(30)25(28)31)22(29)16-13-18(26)24(32-3)19(27)14-16/h8-10,12-14,21,29H,4-7,11H2,1-3H3/b22-20+. The molecule has 1 N–H and O–H groups in total. The third-order valence-electron chi connectivity index (χ3n) is 5.50. The number of amides is 1. The molecule has 33 heavy (non-hydrogen) atoms. The number of unbranched alkanes of at least 4 members (excludes halogenated alkanes) is 2. The average molecular weight is 492 g/mol. The maximum Gasteiger partial charge on any atom is 0.295 e. The zero-order valence-electron chi connectivity index (χ0n) is 18.9. The van der Waals surface area contributed by atoms with Gasteiger partial charge in [-0.2, -0.15) is 0 Å². The molecule has 1 amide bonds. The van der Waals surface area contributed by atoms with Crippen LogP contribution in [0, 0.1) is 0 Å². The van der Waals surface area contributed by atoms with Gasteiger partial charge in [-0.1, -0.05) is 55.1 Å². The molecule has 0 bridgehead atoms. The Kier molecular flexibility index (Phi) is 8.27. The topological polar surface area (TPSA) is 76.1 Å². The molecule has 1 fully saturated rings. The molecule has 1 saturated heterocycles. The first-order valence-corrected chi connectivity index (χ1v) is 11.6. The van der Waals surface area contributed by atoms with Gasteiger partial charge in [0.25, 0.3) is 11.7 Å².